The number of amides is 1. The monoisotopic (exact) mass is 218 g/mol. The quantitative estimate of drug-likeness (QED) is 0.669. The standard InChI is InChI=1S/C13H18N2O/c1-9(16)15-7-10-5-11(13(2,3)4)6-14-12(10)8-15/h5-6H,7-8H2,1-4H3. The minimum absolute atomic E-state index is 0.117. The second kappa shape index (κ2) is 3.58. The fourth-order valence-corrected chi connectivity index (χ4v) is 1.89. The average Bonchev–Trinajstić information content (AvgIpc) is 2.58. The largest absolute Gasteiger partial charge is 0.333 e. The summed E-state index contributed by atoms with van der Waals surface area (Å²) in [6, 6.07) is 2.19. The maximum absolute atomic E-state index is 11.3. The maximum Gasteiger partial charge on any atom is 0.220 e. The molecule has 0 saturated carbocycles. The lowest BCUT2D eigenvalue weighted by molar-refractivity contribution is -0.129. The molecule has 0 unspecified atom stereocenters. The van der Waals surface area contributed by atoms with Crippen molar-refractivity contribution in [2.45, 2.75) is 46.2 Å². The Morgan fingerprint density at radius 2 is 2.06 bits per heavy atom. The number of pyridine rings is 1. The Hall–Kier alpha value is -1.38. The molecule has 0 saturated heterocycles. The summed E-state index contributed by atoms with van der Waals surface area (Å²) in [5.41, 5.74) is 3.59. The van der Waals surface area contributed by atoms with Crippen molar-refractivity contribution >= 4 is 5.91 Å². The lowest BCUT2D eigenvalue weighted by Gasteiger charge is -2.19. The Morgan fingerprint density at radius 3 is 2.62 bits per heavy atom. The highest BCUT2D eigenvalue weighted by Crippen LogP contribution is 2.27. The number of aromatic nitrogens is 1. The molecule has 3 nitrogen and oxygen atoms in total. The molecule has 0 spiro atoms. The van der Waals surface area contributed by atoms with E-state index >= 15 is 0 Å². The van der Waals surface area contributed by atoms with Crippen LogP contribution >= 0.6 is 0 Å². The lowest BCUT2D eigenvalue weighted by atomic mass is 9.87. The summed E-state index contributed by atoms with van der Waals surface area (Å²) in [7, 11) is 0. The molecule has 16 heavy (non-hydrogen) atoms. The van der Waals surface area contributed by atoms with Gasteiger partial charge in [0.25, 0.3) is 0 Å². The first-order valence-corrected chi connectivity index (χ1v) is 5.62. The van der Waals surface area contributed by atoms with E-state index in [1.807, 2.05) is 11.1 Å². The van der Waals surface area contributed by atoms with E-state index in [1.165, 1.54) is 11.1 Å². The molecule has 2 heterocycles. The molecule has 0 bridgehead atoms. The fourth-order valence-electron chi connectivity index (χ4n) is 1.89. The van der Waals surface area contributed by atoms with Gasteiger partial charge in [-0.15, -0.1) is 0 Å². The molecule has 1 amide bonds. The first kappa shape index (κ1) is 11.1. The molecule has 1 aliphatic heterocycles. The first-order valence-electron chi connectivity index (χ1n) is 5.62. The second-order valence-corrected chi connectivity index (χ2v) is 5.45. The van der Waals surface area contributed by atoms with Crippen molar-refractivity contribution in [2.75, 3.05) is 0 Å². The topological polar surface area (TPSA) is 33.2 Å². The number of rotatable bonds is 0. The number of fused-ring (bicyclic) bond motifs is 1. The summed E-state index contributed by atoms with van der Waals surface area (Å²) in [4.78, 5) is 17.6. The smallest absolute Gasteiger partial charge is 0.220 e. The van der Waals surface area contributed by atoms with E-state index in [-0.39, 0.29) is 11.3 Å². The summed E-state index contributed by atoms with van der Waals surface area (Å²) >= 11 is 0. The lowest BCUT2D eigenvalue weighted by Crippen LogP contribution is -2.21. The summed E-state index contributed by atoms with van der Waals surface area (Å²) in [5, 5.41) is 0. The van der Waals surface area contributed by atoms with Crippen LogP contribution in [0.2, 0.25) is 0 Å². The Bertz CT molecular complexity index is 432. The van der Waals surface area contributed by atoms with Crippen molar-refractivity contribution in [1.29, 1.82) is 0 Å². The highest BCUT2D eigenvalue weighted by atomic mass is 16.2. The van der Waals surface area contributed by atoms with Crippen LogP contribution in [0.5, 0.6) is 0 Å². The molecule has 0 aliphatic carbocycles. The predicted octanol–water partition coefficient (Wildman–Crippen LogP) is 2.24. The van der Waals surface area contributed by atoms with Gasteiger partial charge in [0.1, 0.15) is 0 Å². The normalized spacial score (nSPS) is 15.1. The molecule has 0 fully saturated rings. The van der Waals surface area contributed by atoms with Gasteiger partial charge in [-0.05, 0) is 16.5 Å². The highest BCUT2D eigenvalue weighted by molar-refractivity contribution is 5.74. The van der Waals surface area contributed by atoms with Crippen molar-refractivity contribution in [3.05, 3.63) is 29.1 Å². The van der Waals surface area contributed by atoms with E-state index in [9.17, 15) is 4.79 Å². The average molecular weight is 218 g/mol. The van der Waals surface area contributed by atoms with Gasteiger partial charge in [0.05, 0.1) is 12.2 Å². The van der Waals surface area contributed by atoms with Crippen LogP contribution in [0.3, 0.4) is 0 Å². The van der Waals surface area contributed by atoms with Gasteiger partial charge in [0.15, 0.2) is 0 Å². The van der Waals surface area contributed by atoms with Gasteiger partial charge in [-0.2, -0.15) is 0 Å². The SMILES string of the molecule is CC(=O)N1Cc2cc(C(C)(C)C)cnc2C1. The molecule has 0 N–H and O–H groups in total. The van der Waals surface area contributed by atoms with Gasteiger partial charge in [-0.25, -0.2) is 0 Å². The molecule has 0 aromatic carbocycles. The maximum atomic E-state index is 11.3. The van der Waals surface area contributed by atoms with Crippen molar-refractivity contribution in [3.63, 3.8) is 0 Å². The summed E-state index contributed by atoms with van der Waals surface area (Å²) < 4.78 is 0. The Morgan fingerprint density at radius 1 is 1.38 bits per heavy atom. The van der Waals surface area contributed by atoms with Crippen LogP contribution < -0.4 is 0 Å². The Balaban J connectivity index is 2.31. The highest BCUT2D eigenvalue weighted by Gasteiger charge is 2.24. The van der Waals surface area contributed by atoms with Gasteiger partial charge in [-0.1, -0.05) is 26.8 Å². The van der Waals surface area contributed by atoms with Crippen LogP contribution in [0.4, 0.5) is 0 Å². The zero-order valence-corrected chi connectivity index (χ0v) is 10.4. The molecular formula is C13H18N2O. The molecule has 1 aromatic rings. The van der Waals surface area contributed by atoms with Crippen molar-refractivity contribution in [2.24, 2.45) is 0 Å². The Kier molecular flexibility index (Phi) is 2.49. The number of hydrogen-bond donors (Lipinski definition) is 0. The summed E-state index contributed by atoms with van der Waals surface area (Å²) in [5.74, 6) is 0.121. The fraction of sp³-hybridized carbons (Fsp3) is 0.538. The number of nitrogens with zero attached hydrogens (tertiary/aromatic N) is 2. The molecule has 3 heteroatoms. The number of hydrogen-bond acceptors (Lipinski definition) is 2. The third-order valence-corrected chi connectivity index (χ3v) is 3.07. The van der Waals surface area contributed by atoms with Crippen LogP contribution in [0.1, 0.15) is 44.5 Å². The number of carbonyl (C=O) groups excluding carboxylic acids is 1. The van der Waals surface area contributed by atoms with Crippen molar-refractivity contribution in [3.8, 4) is 0 Å². The third-order valence-electron chi connectivity index (χ3n) is 3.07. The van der Waals surface area contributed by atoms with E-state index in [4.69, 9.17) is 0 Å². The summed E-state index contributed by atoms with van der Waals surface area (Å²) in [6.45, 7) is 9.50. The Labute approximate surface area is 96.5 Å². The molecule has 1 aromatic heterocycles. The summed E-state index contributed by atoms with van der Waals surface area (Å²) in [6.07, 6.45) is 1.93. The third kappa shape index (κ3) is 1.94. The van der Waals surface area contributed by atoms with E-state index in [0.29, 0.717) is 13.1 Å². The molecule has 0 radical (unpaired) electrons. The van der Waals surface area contributed by atoms with Crippen LogP contribution in [0, 0.1) is 0 Å². The molecule has 1 aliphatic rings. The molecule has 0 atom stereocenters. The second-order valence-electron chi connectivity index (χ2n) is 5.45. The molecular weight excluding hydrogens is 200 g/mol. The predicted molar refractivity (Wildman–Crippen MR) is 62.9 cm³/mol. The van der Waals surface area contributed by atoms with E-state index < -0.39 is 0 Å². The van der Waals surface area contributed by atoms with Crippen LogP contribution in [0.25, 0.3) is 0 Å². The van der Waals surface area contributed by atoms with E-state index in [2.05, 4.69) is 31.8 Å². The van der Waals surface area contributed by atoms with Gasteiger partial charge in [0.2, 0.25) is 5.91 Å². The van der Waals surface area contributed by atoms with Gasteiger partial charge < -0.3 is 4.90 Å². The molecule has 86 valence electrons. The van der Waals surface area contributed by atoms with Crippen molar-refractivity contribution < 1.29 is 4.79 Å². The van der Waals surface area contributed by atoms with Crippen LogP contribution in [-0.2, 0) is 23.3 Å². The van der Waals surface area contributed by atoms with Crippen molar-refractivity contribution in [1.82, 2.24) is 9.88 Å². The minimum Gasteiger partial charge on any atom is -0.333 e. The van der Waals surface area contributed by atoms with Gasteiger partial charge >= 0.3 is 0 Å². The van der Waals surface area contributed by atoms with Gasteiger partial charge in [-0.3, -0.25) is 9.78 Å². The van der Waals surface area contributed by atoms with Crippen LogP contribution in [-0.4, -0.2) is 15.8 Å². The number of carbonyl (C=O) groups is 1. The van der Waals surface area contributed by atoms with E-state index in [0.717, 1.165) is 5.69 Å². The van der Waals surface area contributed by atoms with Crippen LogP contribution in [0.15, 0.2) is 12.3 Å². The minimum atomic E-state index is 0.117. The first-order chi connectivity index (χ1) is 7.38. The van der Waals surface area contributed by atoms with Gasteiger partial charge in [0, 0.05) is 19.7 Å². The zero-order chi connectivity index (χ0) is 11.9. The zero-order valence-electron chi connectivity index (χ0n) is 10.4. The van der Waals surface area contributed by atoms with E-state index in [1.54, 1.807) is 6.92 Å². The molecule has 2 rings (SSSR count).